The molecule has 3 nitrogen and oxygen atoms in total. The standard InChI is InChI=1S/C22H22FN3/c23-20-9-2-1-7-18(20)14-19-8-3-10-21(25-19)22-11-5-13-26(22)16-17-6-4-12-24-15-17/h1-4,6-10,12,15,22H,5,11,13-14,16H2. The lowest BCUT2D eigenvalue weighted by Gasteiger charge is -2.24. The molecule has 0 aliphatic carbocycles. The summed E-state index contributed by atoms with van der Waals surface area (Å²) in [7, 11) is 0. The molecule has 1 unspecified atom stereocenters. The molecule has 1 atom stereocenters. The molecule has 1 fully saturated rings. The van der Waals surface area contributed by atoms with Crippen molar-refractivity contribution in [2.45, 2.75) is 31.8 Å². The van der Waals surface area contributed by atoms with E-state index in [1.165, 1.54) is 18.1 Å². The van der Waals surface area contributed by atoms with Crippen LogP contribution in [0.2, 0.25) is 0 Å². The molecule has 0 radical (unpaired) electrons. The van der Waals surface area contributed by atoms with E-state index in [9.17, 15) is 4.39 Å². The Morgan fingerprint density at radius 1 is 1.04 bits per heavy atom. The summed E-state index contributed by atoms with van der Waals surface area (Å²) in [4.78, 5) is 11.5. The van der Waals surface area contributed by atoms with Gasteiger partial charge in [-0.05, 0) is 54.8 Å². The van der Waals surface area contributed by atoms with Crippen molar-refractivity contribution in [3.8, 4) is 0 Å². The van der Waals surface area contributed by atoms with Gasteiger partial charge in [0.2, 0.25) is 0 Å². The first-order valence-electron chi connectivity index (χ1n) is 9.12. The lowest BCUT2D eigenvalue weighted by molar-refractivity contribution is 0.244. The van der Waals surface area contributed by atoms with Crippen LogP contribution in [0.5, 0.6) is 0 Å². The molecule has 2 aromatic heterocycles. The topological polar surface area (TPSA) is 29.0 Å². The highest BCUT2D eigenvalue weighted by molar-refractivity contribution is 5.25. The average Bonchev–Trinajstić information content (AvgIpc) is 3.13. The zero-order valence-corrected chi connectivity index (χ0v) is 14.7. The maximum absolute atomic E-state index is 13.9. The van der Waals surface area contributed by atoms with Crippen LogP contribution in [0.4, 0.5) is 4.39 Å². The van der Waals surface area contributed by atoms with Crippen LogP contribution in [0, 0.1) is 5.82 Å². The van der Waals surface area contributed by atoms with Gasteiger partial charge < -0.3 is 0 Å². The Morgan fingerprint density at radius 2 is 1.96 bits per heavy atom. The van der Waals surface area contributed by atoms with E-state index < -0.39 is 0 Å². The van der Waals surface area contributed by atoms with Gasteiger partial charge in [0, 0.05) is 31.1 Å². The van der Waals surface area contributed by atoms with E-state index in [0.717, 1.165) is 30.9 Å². The minimum Gasteiger partial charge on any atom is -0.290 e. The van der Waals surface area contributed by atoms with Crippen molar-refractivity contribution in [2.75, 3.05) is 6.54 Å². The van der Waals surface area contributed by atoms with Gasteiger partial charge in [0.25, 0.3) is 0 Å². The molecule has 0 spiro atoms. The Balaban J connectivity index is 1.53. The molecule has 0 saturated carbocycles. The maximum atomic E-state index is 13.9. The van der Waals surface area contributed by atoms with Gasteiger partial charge in [-0.15, -0.1) is 0 Å². The van der Waals surface area contributed by atoms with Crippen molar-refractivity contribution in [2.24, 2.45) is 0 Å². The summed E-state index contributed by atoms with van der Waals surface area (Å²) >= 11 is 0. The lowest BCUT2D eigenvalue weighted by Crippen LogP contribution is -2.23. The zero-order valence-electron chi connectivity index (χ0n) is 14.7. The fourth-order valence-electron chi connectivity index (χ4n) is 3.70. The number of likely N-dealkylation sites (tertiary alicyclic amines) is 1. The summed E-state index contributed by atoms with van der Waals surface area (Å²) in [5, 5.41) is 0. The molecule has 1 aromatic carbocycles. The molecule has 0 amide bonds. The first kappa shape index (κ1) is 16.9. The highest BCUT2D eigenvalue weighted by atomic mass is 19.1. The molecule has 0 bridgehead atoms. The largest absolute Gasteiger partial charge is 0.290 e. The fraction of sp³-hybridized carbons (Fsp3) is 0.273. The summed E-state index contributed by atoms with van der Waals surface area (Å²) in [5.41, 5.74) is 3.92. The van der Waals surface area contributed by atoms with E-state index in [1.807, 2.05) is 36.5 Å². The van der Waals surface area contributed by atoms with Crippen molar-refractivity contribution in [1.29, 1.82) is 0 Å². The van der Waals surface area contributed by atoms with Crippen LogP contribution in [0.25, 0.3) is 0 Å². The number of aromatic nitrogens is 2. The minimum absolute atomic E-state index is 0.168. The predicted molar refractivity (Wildman–Crippen MR) is 100 cm³/mol. The SMILES string of the molecule is Fc1ccccc1Cc1cccc(C2CCCN2Cc2cccnc2)n1. The van der Waals surface area contributed by atoms with Crippen molar-refractivity contribution in [3.05, 3.63) is 95.3 Å². The lowest BCUT2D eigenvalue weighted by atomic mass is 10.1. The van der Waals surface area contributed by atoms with E-state index in [-0.39, 0.29) is 5.82 Å². The third kappa shape index (κ3) is 3.81. The van der Waals surface area contributed by atoms with E-state index >= 15 is 0 Å². The first-order valence-corrected chi connectivity index (χ1v) is 9.12. The van der Waals surface area contributed by atoms with E-state index in [2.05, 4.69) is 22.0 Å². The van der Waals surface area contributed by atoms with Gasteiger partial charge in [0.05, 0.1) is 11.7 Å². The van der Waals surface area contributed by atoms with Crippen molar-refractivity contribution in [1.82, 2.24) is 14.9 Å². The summed E-state index contributed by atoms with van der Waals surface area (Å²) in [5.74, 6) is -0.168. The van der Waals surface area contributed by atoms with Gasteiger partial charge in [-0.3, -0.25) is 14.9 Å². The molecule has 1 aliphatic rings. The number of pyridine rings is 2. The zero-order chi connectivity index (χ0) is 17.8. The second kappa shape index (κ2) is 7.75. The van der Waals surface area contributed by atoms with Gasteiger partial charge >= 0.3 is 0 Å². The van der Waals surface area contributed by atoms with Crippen molar-refractivity contribution >= 4 is 0 Å². The predicted octanol–water partition coefficient (Wildman–Crippen LogP) is 4.54. The molecule has 26 heavy (non-hydrogen) atoms. The highest BCUT2D eigenvalue weighted by Gasteiger charge is 2.27. The Bertz CT molecular complexity index is 866. The smallest absolute Gasteiger partial charge is 0.126 e. The molecular formula is C22H22FN3. The van der Waals surface area contributed by atoms with Crippen LogP contribution in [0.3, 0.4) is 0 Å². The van der Waals surface area contributed by atoms with Crippen LogP contribution in [-0.4, -0.2) is 21.4 Å². The molecule has 3 heterocycles. The quantitative estimate of drug-likeness (QED) is 0.678. The Hall–Kier alpha value is -2.59. The molecule has 0 N–H and O–H groups in total. The van der Waals surface area contributed by atoms with Gasteiger partial charge in [0.1, 0.15) is 5.82 Å². The second-order valence-corrected chi connectivity index (χ2v) is 6.81. The summed E-state index contributed by atoms with van der Waals surface area (Å²) < 4.78 is 13.9. The monoisotopic (exact) mass is 347 g/mol. The molecular weight excluding hydrogens is 325 g/mol. The third-order valence-corrected chi connectivity index (χ3v) is 4.97. The normalized spacial score (nSPS) is 17.5. The van der Waals surface area contributed by atoms with Gasteiger partial charge in [-0.2, -0.15) is 0 Å². The number of benzene rings is 1. The van der Waals surface area contributed by atoms with Gasteiger partial charge in [0.15, 0.2) is 0 Å². The van der Waals surface area contributed by atoms with E-state index in [1.54, 1.807) is 12.3 Å². The van der Waals surface area contributed by atoms with Crippen LogP contribution >= 0.6 is 0 Å². The summed E-state index contributed by atoms with van der Waals surface area (Å²) in [6.45, 7) is 1.95. The second-order valence-electron chi connectivity index (χ2n) is 6.81. The summed E-state index contributed by atoms with van der Waals surface area (Å²) in [6, 6.07) is 17.5. The fourth-order valence-corrected chi connectivity index (χ4v) is 3.70. The van der Waals surface area contributed by atoms with Crippen LogP contribution in [-0.2, 0) is 13.0 Å². The Morgan fingerprint density at radius 3 is 2.81 bits per heavy atom. The number of hydrogen-bond donors (Lipinski definition) is 0. The third-order valence-electron chi connectivity index (χ3n) is 4.97. The van der Waals surface area contributed by atoms with Crippen LogP contribution in [0.15, 0.2) is 67.0 Å². The molecule has 132 valence electrons. The molecule has 4 rings (SSSR count). The number of halogens is 1. The number of hydrogen-bond acceptors (Lipinski definition) is 3. The first-order chi connectivity index (χ1) is 12.8. The maximum Gasteiger partial charge on any atom is 0.126 e. The molecule has 3 aromatic rings. The highest BCUT2D eigenvalue weighted by Crippen LogP contribution is 2.32. The van der Waals surface area contributed by atoms with Crippen LogP contribution < -0.4 is 0 Å². The van der Waals surface area contributed by atoms with Crippen molar-refractivity contribution in [3.63, 3.8) is 0 Å². The number of nitrogens with zero attached hydrogens (tertiary/aromatic N) is 3. The van der Waals surface area contributed by atoms with E-state index in [0.29, 0.717) is 18.0 Å². The minimum atomic E-state index is -0.168. The Kier molecular flexibility index (Phi) is 5.02. The van der Waals surface area contributed by atoms with Gasteiger partial charge in [-0.25, -0.2) is 4.39 Å². The molecule has 4 heteroatoms. The molecule has 1 aliphatic heterocycles. The Labute approximate surface area is 153 Å². The van der Waals surface area contributed by atoms with E-state index in [4.69, 9.17) is 4.98 Å². The van der Waals surface area contributed by atoms with Crippen molar-refractivity contribution < 1.29 is 4.39 Å². The average molecular weight is 347 g/mol. The van der Waals surface area contributed by atoms with Crippen LogP contribution in [0.1, 0.15) is 41.4 Å². The number of rotatable bonds is 5. The molecule has 1 saturated heterocycles. The summed E-state index contributed by atoms with van der Waals surface area (Å²) in [6.07, 6.45) is 6.53. The van der Waals surface area contributed by atoms with Gasteiger partial charge in [-0.1, -0.05) is 30.3 Å².